The standard InChI is InChI=1S/C7H16N2O2/c1-3-6(8)7(11)9-4-5(2)10/h5-6,10H,3-4,8H2,1-2H3,(H,9,11)/t5-,6+/m0/s1. The van der Waals surface area contributed by atoms with Gasteiger partial charge in [-0.1, -0.05) is 6.92 Å². The van der Waals surface area contributed by atoms with Gasteiger partial charge in [0.1, 0.15) is 0 Å². The van der Waals surface area contributed by atoms with Gasteiger partial charge in [0.25, 0.3) is 0 Å². The van der Waals surface area contributed by atoms with E-state index in [1.54, 1.807) is 6.92 Å². The number of carbonyl (C=O) groups excluding carboxylic acids is 1. The summed E-state index contributed by atoms with van der Waals surface area (Å²) in [5.74, 6) is -0.201. The first-order valence-corrected chi connectivity index (χ1v) is 3.79. The Morgan fingerprint density at radius 1 is 1.73 bits per heavy atom. The lowest BCUT2D eigenvalue weighted by Crippen LogP contribution is -2.42. The summed E-state index contributed by atoms with van der Waals surface area (Å²) >= 11 is 0. The molecule has 0 fully saturated rings. The van der Waals surface area contributed by atoms with Gasteiger partial charge in [-0.3, -0.25) is 4.79 Å². The van der Waals surface area contributed by atoms with Crippen LogP contribution in [0.1, 0.15) is 20.3 Å². The average Bonchev–Trinajstić information content (AvgIpc) is 1.98. The van der Waals surface area contributed by atoms with Crippen molar-refractivity contribution in [1.82, 2.24) is 5.32 Å². The third-order valence-electron chi connectivity index (χ3n) is 1.35. The van der Waals surface area contributed by atoms with Gasteiger partial charge in [0.2, 0.25) is 5.91 Å². The van der Waals surface area contributed by atoms with Crippen LogP contribution in [0.3, 0.4) is 0 Å². The molecule has 0 aliphatic carbocycles. The molecule has 0 spiro atoms. The fourth-order valence-corrected chi connectivity index (χ4v) is 0.565. The van der Waals surface area contributed by atoms with Crippen molar-refractivity contribution in [3.63, 3.8) is 0 Å². The third kappa shape index (κ3) is 4.75. The van der Waals surface area contributed by atoms with Gasteiger partial charge < -0.3 is 16.2 Å². The number of amides is 1. The molecule has 4 N–H and O–H groups in total. The Labute approximate surface area is 66.8 Å². The molecule has 1 amide bonds. The second-order valence-electron chi connectivity index (χ2n) is 2.61. The zero-order valence-corrected chi connectivity index (χ0v) is 7.00. The topological polar surface area (TPSA) is 75.4 Å². The van der Waals surface area contributed by atoms with Crippen molar-refractivity contribution in [2.45, 2.75) is 32.4 Å². The molecule has 0 aliphatic heterocycles. The maximum absolute atomic E-state index is 10.9. The highest BCUT2D eigenvalue weighted by Gasteiger charge is 2.10. The van der Waals surface area contributed by atoms with Gasteiger partial charge in [0, 0.05) is 6.54 Å². The Morgan fingerprint density at radius 3 is 2.64 bits per heavy atom. The quantitative estimate of drug-likeness (QED) is 0.505. The van der Waals surface area contributed by atoms with Crippen LogP contribution in [0.15, 0.2) is 0 Å². The summed E-state index contributed by atoms with van der Waals surface area (Å²) in [5, 5.41) is 11.3. The predicted octanol–water partition coefficient (Wildman–Crippen LogP) is -0.779. The van der Waals surface area contributed by atoms with Crippen LogP contribution in [0.4, 0.5) is 0 Å². The van der Waals surface area contributed by atoms with Crippen LogP contribution in [0.5, 0.6) is 0 Å². The fourth-order valence-electron chi connectivity index (χ4n) is 0.565. The molecule has 0 radical (unpaired) electrons. The maximum Gasteiger partial charge on any atom is 0.236 e. The van der Waals surface area contributed by atoms with Crippen molar-refractivity contribution in [3.05, 3.63) is 0 Å². The minimum absolute atomic E-state index is 0.201. The van der Waals surface area contributed by atoms with E-state index in [2.05, 4.69) is 5.32 Å². The molecule has 0 aromatic heterocycles. The summed E-state index contributed by atoms with van der Waals surface area (Å²) in [5.41, 5.74) is 5.41. The first-order chi connectivity index (χ1) is 5.07. The highest BCUT2D eigenvalue weighted by molar-refractivity contribution is 5.81. The Balaban J connectivity index is 3.52. The van der Waals surface area contributed by atoms with Crippen molar-refractivity contribution >= 4 is 5.91 Å². The van der Waals surface area contributed by atoms with Crippen molar-refractivity contribution in [2.75, 3.05) is 6.54 Å². The van der Waals surface area contributed by atoms with Gasteiger partial charge >= 0.3 is 0 Å². The van der Waals surface area contributed by atoms with Gasteiger partial charge in [-0.2, -0.15) is 0 Å². The molecule has 2 atom stereocenters. The monoisotopic (exact) mass is 160 g/mol. The van der Waals surface area contributed by atoms with Gasteiger partial charge in [-0.05, 0) is 13.3 Å². The fraction of sp³-hybridized carbons (Fsp3) is 0.857. The smallest absolute Gasteiger partial charge is 0.236 e. The Hall–Kier alpha value is -0.610. The molecule has 0 aromatic rings. The van der Waals surface area contributed by atoms with Gasteiger partial charge in [-0.25, -0.2) is 0 Å². The molecular weight excluding hydrogens is 144 g/mol. The highest BCUT2D eigenvalue weighted by atomic mass is 16.3. The van der Waals surface area contributed by atoms with Crippen molar-refractivity contribution in [2.24, 2.45) is 5.73 Å². The number of hydrogen-bond acceptors (Lipinski definition) is 3. The number of aliphatic hydroxyl groups is 1. The molecule has 4 heteroatoms. The van der Waals surface area contributed by atoms with E-state index in [-0.39, 0.29) is 12.5 Å². The minimum Gasteiger partial charge on any atom is -0.392 e. The SMILES string of the molecule is CC[C@@H](N)C(=O)NC[C@H](C)O. The van der Waals surface area contributed by atoms with E-state index in [0.717, 1.165) is 0 Å². The van der Waals surface area contributed by atoms with E-state index >= 15 is 0 Å². The number of hydrogen-bond donors (Lipinski definition) is 3. The second kappa shape index (κ2) is 5.09. The first kappa shape index (κ1) is 10.4. The van der Waals surface area contributed by atoms with Crippen LogP contribution < -0.4 is 11.1 Å². The summed E-state index contributed by atoms with van der Waals surface area (Å²) < 4.78 is 0. The molecule has 0 unspecified atom stereocenters. The van der Waals surface area contributed by atoms with Crippen LogP contribution in [-0.4, -0.2) is 29.7 Å². The van der Waals surface area contributed by atoms with E-state index in [0.29, 0.717) is 6.42 Å². The second-order valence-corrected chi connectivity index (χ2v) is 2.61. The lowest BCUT2D eigenvalue weighted by molar-refractivity contribution is -0.122. The van der Waals surface area contributed by atoms with Crippen LogP contribution >= 0.6 is 0 Å². The molecule has 0 aromatic carbocycles. The summed E-state index contributed by atoms with van der Waals surface area (Å²) in [6.07, 6.45) is 0.106. The Kier molecular flexibility index (Phi) is 4.81. The Bertz CT molecular complexity index is 126. The molecule has 11 heavy (non-hydrogen) atoms. The van der Waals surface area contributed by atoms with Gasteiger partial charge in [-0.15, -0.1) is 0 Å². The zero-order valence-electron chi connectivity index (χ0n) is 7.00. The average molecular weight is 160 g/mol. The number of carbonyl (C=O) groups is 1. The molecule has 0 rings (SSSR count). The van der Waals surface area contributed by atoms with E-state index in [1.165, 1.54) is 0 Å². The number of aliphatic hydroxyl groups excluding tert-OH is 1. The molecule has 0 aliphatic rings. The molecule has 0 heterocycles. The van der Waals surface area contributed by atoms with Crippen LogP contribution in [0.2, 0.25) is 0 Å². The van der Waals surface area contributed by atoms with Crippen molar-refractivity contribution < 1.29 is 9.90 Å². The predicted molar refractivity (Wildman–Crippen MR) is 43.0 cm³/mol. The molecule has 4 nitrogen and oxygen atoms in total. The molecule has 0 bridgehead atoms. The summed E-state index contributed by atoms with van der Waals surface area (Å²) in [4.78, 5) is 10.9. The largest absolute Gasteiger partial charge is 0.392 e. The molecule has 66 valence electrons. The number of rotatable bonds is 4. The van der Waals surface area contributed by atoms with E-state index < -0.39 is 12.1 Å². The molecular formula is C7H16N2O2. The van der Waals surface area contributed by atoms with E-state index in [4.69, 9.17) is 10.8 Å². The highest BCUT2D eigenvalue weighted by Crippen LogP contribution is 1.85. The third-order valence-corrected chi connectivity index (χ3v) is 1.35. The first-order valence-electron chi connectivity index (χ1n) is 3.79. The van der Waals surface area contributed by atoms with Crippen molar-refractivity contribution in [3.8, 4) is 0 Å². The zero-order chi connectivity index (χ0) is 8.85. The van der Waals surface area contributed by atoms with E-state index in [9.17, 15) is 4.79 Å². The Morgan fingerprint density at radius 2 is 2.27 bits per heavy atom. The lowest BCUT2D eigenvalue weighted by atomic mass is 10.2. The van der Waals surface area contributed by atoms with E-state index in [1.807, 2.05) is 6.92 Å². The summed E-state index contributed by atoms with van der Waals surface area (Å²) in [7, 11) is 0. The maximum atomic E-state index is 10.9. The summed E-state index contributed by atoms with van der Waals surface area (Å²) in [6.45, 7) is 3.72. The van der Waals surface area contributed by atoms with Crippen LogP contribution in [0, 0.1) is 0 Å². The molecule has 0 saturated carbocycles. The number of nitrogens with one attached hydrogen (secondary N) is 1. The minimum atomic E-state index is -0.511. The van der Waals surface area contributed by atoms with Gasteiger partial charge in [0.15, 0.2) is 0 Å². The van der Waals surface area contributed by atoms with Crippen LogP contribution in [0.25, 0.3) is 0 Å². The normalized spacial score (nSPS) is 15.6. The number of nitrogens with two attached hydrogens (primary N) is 1. The van der Waals surface area contributed by atoms with Gasteiger partial charge in [0.05, 0.1) is 12.1 Å². The summed E-state index contributed by atoms with van der Waals surface area (Å²) in [6, 6.07) is -0.450. The van der Waals surface area contributed by atoms with Crippen LogP contribution in [-0.2, 0) is 4.79 Å². The van der Waals surface area contributed by atoms with Crippen molar-refractivity contribution in [1.29, 1.82) is 0 Å². The lowest BCUT2D eigenvalue weighted by Gasteiger charge is -2.10. The molecule has 0 saturated heterocycles.